The van der Waals surface area contributed by atoms with E-state index in [-0.39, 0.29) is 40.0 Å². The monoisotopic (exact) mass is 648 g/mol. The summed E-state index contributed by atoms with van der Waals surface area (Å²) in [6, 6.07) is 5.67. The zero-order chi connectivity index (χ0) is 31.3. The van der Waals surface area contributed by atoms with Crippen LogP contribution in [0.15, 0.2) is 36.5 Å². The van der Waals surface area contributed by atoms with Gasteiger partial charge in [-0.25, -0.2) is 9.37 Å². The maximum atomic E-state index is 14.2. The summed E-state index contributed by atoms with van der Waals surface area (Å²) in [4.78, 5) is 66.2. The number of thiophene rings is 1. The maximum Gasteiger partial charge on any atom is 0.363 e. The molecule has 3 aliphatic heterocycles. The molecule has 234 valence electrons. The van der Waals surface area contributed by atoms with Crippen molar-refractivity contribution in [1.82, 2.24) is 20.1 Å². The molecule has 1 unspecified atom stereocenters. The van der Waals surface area contributed by atoms with Gasteiger partial charge in [0.05, 0.1) is 12.0 Å². The third kappa shape index (κ3) is 5.60. The number of methoxy groups -OCH3 is 1. The van der Waals surface area contributed by atoms with Crippen LogP contribution in [0, 0.1) is 5.95 Å². The summed E-state index contributed by atoms with van der Waals surface area (Å²) in [6.45, 7) is 0.736. The van der Waals surface area contributed by atoms with Crippen LogP contribution in [0.2, 0.25) is 0 Å². The molecule has 3 fully saturated rings. The second-order valence-electron chi connectivity index (χ2n) is 11.4. The van der Waals surface area contributed by atoms with Crippen LogP contribution in [0.1, 0.15) is 64.7 Å². The first-order valence-electron chi connectivity index (χ1n) is 14.3. The van der Waals surface area contributed by atoms with Crippen molar-refractivity contribution in [1.29, 1.82) is 0 Å². The van der Waals surface area contributed by atoms with E-state index in [1.165, 1.54) is 37.6 Å². The van der Waals surface area contributed by atoms with E-state index in [1.54, 1.807) is 15.9 Å². The standard InChI is InChI=1S/C29H31F2N4O7PS/c1-42-24-19(9-10-32-25(24)30)17-13-34(14-17)29(38)21-7-6-18-3-2-4-20(28(37)35(18)21)33-27(36)23-12-16-11-15(5-8-22(16)44-23)26(31)43(39,40)41/h5,8-12,17-18,20-21,26H,2-4,6-7,13-14H2,1H3,(H,33,36)(H2,39,40,41)/t18-,20-,21-,26?/m0/s1. The van der Waals surface area contributed by atoms with E-state index in [9.17, 15) is 37.5 Å². The number of carbonyl (C=O) groups is 3. The molecular formula is C29H31F2N4O7PS. The lowest BCUT2D eigenvalue weighted by Gasteiger charge is -2.43. The Labute approximate surface area is 255 Å². The summed E-state index contributed by atoms with van der Waals surface area (Å²) >= 11 is 1.12. The van der Waals surface area contributed by atoms with E-state index in [0.29, 0.717) is 60.8 Å². The van der Waals surface area contributed by atoms with Gasteiger partial charge in [0.1, 0.15) is 12.1 Å². The lowest BCUT2D eigenvalue weighted by molar-refractivity contribution is -0.148. The van der Waals surface area contributed by atoms with Gasteiger partial charge in [-0.1, -0.05) is 6.07 Å². The summed E-state index contributed by atoms with van der Waals surface area (Å²) in [6.07, 6.45) is 4.39. The quantitative estimate of drug-likeness (QED) is 0.258. The SMILES string of the molecule is COc1c(C2CN(C(=O)[C@@H]3CC[C@@H]4CCC[C@H](NC(=O)c5cc6cc(C(F)P(=O)(O)O)ccc6s5)C(=O)N43)C2)ccnc1F. The Bertz CT molecular complexity index is 1680. The van der Waals surface area contributed by atoms with Gasteiger partial charge in [-0.15, -0.1) is 11.3 Å². The van der Waals surface area contributed by atoms with Crippen LogP contribution in [0.3, 0.4) is 0 Å². The maximum absolute atomic E-state index is 14.2. The minimum Gasteiger partial charge on any atom is -0.492 e. The topological polar surface area (TPSA) is 149 Å². The molecule has 0 bridgehead atoms. The third-order valence-corrected chi connectivity index (χ3v) is 10.7. The van der Waals surface area contributed by atoms with E-state index < -0.39 is 37.4 Å². The third-order valence-electron chi connectivity index (χ3n) is 8.74. The molecule has 3 aromatic rings. The van der Waals surface area contributed by atoms with Crippen LogP contribution < -0.4 is 10.1 Å². The van der Waals surface area contributed by atoms with Crippen LogP contribution in [0.5, 0.6) is 5.75 Å². The van der Waals surface area contributed by atoms with Crippen LogP contribution in [0.25, 0.3) is 10.1 Å². The molecule has 0 radical (unpaired) electrons. The Morgan fingerprint density at radius 3 is 2.66 bits per heavy atom. The van der Waals surface area contributed by atoms with Gasteiger partial charge in [0.15, 0.2) is 5.75 Å². The number of hydrogen-bond acceptors (Lipinski definition) is 7. The van der Waals surface area contributed by atoms with E-state index in [4.69, 9.17) is 4.74 Å². The van der Waals surface area contributed by atoms with E-state index in [1.807, 2.05) is 0 Å². The van der Waals surface area contributed by atoms with Crippen LogP contribution >= 0.6 is 18.9 Å². The average molecular weight is 649 g/mol. The van der Waals surface area contributed by atoms with Gasteiger partial charge in [-0.2, -0.15) is 4.39 Å². The van der Waals surface area contributed by atoms with Crippen molar-refractivity contribution in [3.05, 3.63) is 58.5 Å². The minimum atomic E-state index is -4.99. The number of carbonyl (C=O) groups excluding carboxylic acids is 3. The Kier molecular flexibility index (Phi) is 8.20. The van der Waals surface area contributed by atoms with E-state index >= 15 is 0 Å². The van der Waals surface area contributed by atoms with Crippen LogP contribution in [-0.4, -0.2) is 80.6 Å². The molecule has 44 heavy (non-hydrogen) atoms. The van der Waals surface area contributed by atoms with Crippen molar-refractivity contribution in [3.8, 4) is 5.75 Å². The fourth-order valence-corrected chi connectivity index (χ4v) is 8.00. The van der Waals surface area contributed by atoms with Gasteiger partial charge in [0.25, 0.3) is 11.9 Å². The highest BCUT2D eigenvalue weighted by atomic mass is 32.1. The number of alkyl halides is 1. The number of aromatic nitrogens is 1. The van der Waals surface area contributed by atoms with Gasteiger partial charge < -0.3 is 29.6 Å². The van der Waals surface area contributed by atoms with Crippen molar-refractivity contribution < 1.29 is 42.3 Å². The van der Waals surface area contributed by atoms with Crippen LogP contribution in [-0.2, 0) is 14.2 Å². The smallest absolute Gasteiger partial charge is 0.363 e. The molecule has 11 nitrogen and oxygen atoms in total. The molecule has 3 saturated heterocycles. The van der Waals surface area contributed by atoms with Crippen molar-refractivity contribution in [2.24, 2.45) is 0 Å². The number of pyridine rings is 1. The first-order valence-corrected chi connectivity index (χ1v) is 16.8. The van der Waals surface area contributed by atoms with Crippen molar-refractivity contribution >= 4 is 46.7 Å². The first-order chi connectivity index (χ1) is 21.0. The largest absolute Gasteiger partial charge is 0.492 e. The summed E-state index contributed by atoms with van der Waals surface area (Å²) in [5.74, 6) is -4.19. The Morgan fingerprint density at radius 1 is 1.16 bits per heavy atom. The lowest BCUT2D eigenvalue weighted by Crippen LogP contribution is -2.58. The molecule has 0 saturated carbocycles. The number of nitrogens with one attached hydrogen (secondary N) is 1. The molecule has 4 atom stereocenters. The molecule has 0 spiro atoms. The van der Waals surface area contributed by atoms with Gasteiger partial charge >= 0.3 is 7.60 Å². The summed E-state index contributed by atoms with van der Waals surface area (Å²) < 4.78 is 45.4. The van der Waals surface area contributed by atoms with Gasteiger partial charge in [0, 0.05) is 41.5 Å². The van der Waals surface area contributed by atoms with Crippen molar-refractivity contribution in [2.75, 3.05) is 20.2 Å². The van der Waals surface area contributed by atoms with Gasteiger partial charge in [-0.3, -0.25) is 18.9 Å². The second kappa shape index (κ2) is 11.8. The molecule has 1 aromatic carbocycles. The second-order valence-corrected chi connectivity index (χ2v) is 14.2. The number of hydrogen-bond donors (Lipinski definition) is 3. The highest BCUT2D eigenvalue weighted by Gasteiger charge is 2.48. The summed E-state index contributed by atoms with van der Waals surface area (Å²) in [5, 5.41) is 3.27. The number of nitrogens with zero attached hydrogens (tertiary/aromatic N) is 3. The van der Waals surface area contributed by atoms with Crippen molar-refractivity contribution in [3.63, 3.8) is 0 Å². The highest BCUT2D eigenvalue weighted by Crippen LogP contribution is 2.53. The highest BCUT2D eigenvalue weighted by molar-refractivity contribution is 7.51. The Morgan fingerprint density at radius 2 is 1.93 bits per heavy atom. The average Bonchev–Trinajstić information content (AvgIpc) is 3.55. The number of benzene rings is 1. The van der Waals surface area contributed by atoms with E-state index in [0.717, 1.165) is 11.3 Å². The molecule has 0 aliphatic carbocycles. The predicted octanol–water partition coefficient (Wildman–Crippen LogP) is 3.86. The van der Waals surface area contributed by atoms with E-state index in [2.05, 4.69) is 10.3 Å². The molecule has 3 N–H and O–H groups in total. The predicted molar refractivity (Wildman–Crippen MR) is 157 cm³/mol. The number of amides is 3. The zero-order valence-electron chi connectivity index (χ0n) is 23.7. The van der Waals surface area contributed by atoms with Crippen LogP contribution in [0.4, 0.5) is 8.78 Å². The molecule has 6 rings (SSSR count). The fourth-order valence-electron chi connectivity index (χ4n) is 6.51. The lowest BCUT2D eigenvalue weighted by atomic mass is 9.90. The molecule has 3 amide bonds. The molecular weight excluding hydrogens is 617 g/mol. The normalized spacial score (nSPS) is 23.2. The zero-order valence-corrected chi connectivity index (χ0v) is 25.4. The van der Waals surface area contributed by atoms with Crippen molar-refractivity contribution in [2.45, 2.75) is 62.1 Å². The Balaban J connectivity index is 1.13. The van der Waals surface area contributed by atoms with Gasteiger partial charge in [-0.05, 0) is 67.3 Å². The number of rotatable bonds is 7. The minimum absolute atomic E-state index is 0.0682. The number of likely N-dealkylation sites (tertiary alicyclic amines) is 1. The molecule has 3 aliphatic rings. The number of fused-ring (bicyclic) bond motifs is 2. The summed E-state index contributed by atoms with van der Waals surface area (Å²) in [5.41, 5.74) is 0.455. The number of ether oxygens (including phenoxy) is 1. The number of halogens is 2. The summed E-state index contributed by atoms with van der Waals surface area (Å²) in [7, 11) is -3.61. The first kappa shape index (κ1) is 30.6. The molecule has 2 aromatic heterocycles. The Hall–Kier alpha value is -3.45. The molecule has 5 heterocycles. The van der Waals surface area contributed by atoms with Gasteiger partial charge in [0.2, 0.25) is 17.7 Å². The molecule has 15 heteroatoms. The fraction of sp³-hybridized carbons (Fsp3) is 0.448.